The van der Waals surface area contributed by atoms with Gasteiger partial charge in [-0.25, -0.2) is 0 Å². The second-order valence-corrected chi connectivity index (χ2v) is 7.85. The smallest absolute Gasteiger partial charge is 0.106 e. The summed E-state index contributed by atoms with van der Waals surface area (Å²) in [5.74, 6) is 2.21. The molecule has 1 aliphatic carbocycles. The van der Waals surface area contributed by atoms with Gasteiger partial charge in [0, 0.05) is 12.0 Å². The van der Waals surface area contributed by atoms with Crippen molar-refractivity contribution in [3.8, 4) is 0 Å². The molecular formula is C22H40N2O2. The molecule has 0 unspecified atom stereocenters. The van der Waals surface area contributed by atoms with E-state index in [9.17, 15) is 0 Å². The molecule has 26 heavy (non-hydrogen) atoms. The molecule has 4 heteroatoms. The number of hydrogen-bond donors (Lipinski definition) is 0. The van der Waals surface area contributed by atoms with Gasteiger partial charge in [0.2, 0.25) is 0 Å². The second-order valence-electron chi connectivity index (χ2n) is 7.85. The molecule has 2 aliphatic rings. The van der Waals surface area contributed by atoms with Gasteiger partial charge in [0.25, 0.3) is 0 Å². The lowest BCUT2D eigenvalue weighted by atomic mass is 9.69. The van der Waals surface area contributed by atoms with E-state index in [1.807, 2.05) is 14.2 Å². The van der Waals surface area contributed by atoms with Crippen LogP contribution in [0.25, 0.3) is 0 Å². The molecule has 0 aromatic heterocycles. The molecule has 0 saturated carbocycles. The molecular weight excluding hydrogens is 324 g/mol. The highest BCUT2D eigenvalue weighted by atomic mass is 16.5. The maximum absolute atomic E-state index is 5.90. The third-order valence-corrected chi connectivity index (χ3v) is 6.68. The molecule has 0 bridgehead atoms. The Labute approximate surface area is 161 Å². The predicted molar refractivity (Wildman–Crippen MR) is 109 cm³/mol. The number of ether oxygens (including phenoxy) is 2. The highest BCUT2D eigenvalue weighted by molar-refractivity contribution is 5.35. The lowest BCUT2D eigenvalue weighted by Crippen LogP contribution is -2.36. The summed E-state index contributed by atoms with van der Waals surface area (Å²) in [6, 6.07) is 0. The molecule has 0 aromatic rings. The van der Waals surface area contributed by atoms with Crippen molar-refractivity contribution in [2.45, 2.75) is 53.4 Å². The molecule has 1 spiro atoms. The molecule has 4 nitrogen and oxygen atoms in total. The molecule has 150 valence electrons. The van der Waals surface area contributed by atoms with E-state index in [1.165, 1.54) is 19.5 Å². The lowest BCUT2D eigenvalue weighted by molar-refractivity contribution is 0.102. The second kappa shape index (κ2) is 9.27. The minimum absolute atomic E-state index is 0.0692. The summed E-state index contributed by atoms with van der Waals surface area (Å²) in [6.07, 6.45) is 9.23. The average Bonchev–Trinajstić information content (AvgIpc) is 3.07. The van der Waals surface area contributed by atoms with E-state index < -0.39 is 0 Å². The summed E-state index contributed by atoms with van der Waals surface area (Å²) in [7, 11) is 3.63. The summed E-state index contributed by atoms with van der Waals surface area (Å²) < 4.78 is 11.8. The molecule has 1 fully saturated rings. The Kier molecular flexibility index (Phi) is 7.60. The van der Waals surface area contributed by atoms with E-state index in [4.69, 9.17) is 9.47 Å². The quantitative estimate of drug-likeness (QED) is 0.577. The maximum atomic E-state index is 5.90. The maximum Gasteiger partial charge on any atom is 0.106 e. The summed E-state index contributed by atoms with van der Waals surface area (Å²) in [4.78, 5) is 5.12. The number of nitrogens with zero attached hydrogens (tertiary/aromatic N) is 2. The van der Waals surface area contributed by atoms with Crippen LogP contribution < -0.4 is 0 Å². The Morgan fingerprint density at radius 2 is 1.58 bits per heavy atom. The Hall–Kier alpha value is -1.00. The van der Waals surface area contributed by atoms with Gasteiger partial charge < -0.3 is 19.3 Å². The predicted octanol–water partition coefficient (Wildman–Crippen LogP) is 4.29. The van der Waals surface area contributed by atoms with E-state index in [0.717, 1.165) is 57.0 Å². The Morgan fingerprint density at radius 1 is 1.00 bits per heavy atom. The molecule has 1 heterocycles. The van der Waals surface area contributed by atoms with Crippen molar-refractivity contribution in [2.24, 2.45) is 10.8 Å². The highest BCUT2D eigenvalue weighted by Gasteiger charge is 2.47. The first-order valence-electron chi connectivity index (χ1n) is 10.5. The molecule has 0 aromatic carbocycles. The largest absolute Gasteiger partial charge is 0.500 e. The van der Waals surface area contributed by atoms with E-state index >= 15 is 0 Å². The van der Waals surface area contributed by atoms with Crippen molar-refractivity contribution in [3.05, 3.63) is 23.7 Å². The van der Waals surface area contributed by atoms with Crippen LogP contribution in [0.15, 0.2) is 23.7 Å². The molecule has 0 amide bonds. The fraction of sp³-hybridized carbons (Fsp3) is 0.818. The molecule has 2 rings (SSSR count). The van der Waals surface area contributed by atoms with E-state index in [0.29, 0.717) is 0 Å². The van der Waals surface area contributed by atoms with Crippen molar-refractivity contribution in [1.82, 2.24) is 9.80 Å². The first-order chi connectivity index (χ1) is 12.5. The Balaban J connectivity index is 2.09. The number of hydrogen-bond acceptors (Lipinski definition) is 4. The average molecular weight is 365 g/mol. The highest BCUT2D eigenvalue weighted by Crippen LogP contribution is 2.51. The van der Waals surface area contributed by atoms with Crippen LogP contribution in [0.1, 0.15) is 53.4 Å². The zero-order valence-corrected chi connectivity index (χ0v) is 17.9. The van der Waals surface area contributed by atoms with E-state index in [1.54, 1.807) is 0 Å². The molecule has 0 atom stereocenters. The van der Waals surface area contributed by atoms with Crippen LogP contribution in [0.3, 0.4) is 0 Å². The first-order valence-corrected chi connectivity index (χ1v) is 10.5. The van der Waals surface area contributed by atoms with Gasteiger partial charge in [-0.1, -0.05) is 27.7 Å². The summed E-state index contributed by atoms with van der Waals surface area (Å²) in [5, 5.41) is 0. The van der Waals surface area contributed by atoms with Gasteiger partial charge >= 0.3 is 0 Å². The zero-order chi connectivity index (χ0) is 19.2. The van der Waals surface area contributed by atoms with Crippen LogP contribution in [-0.4, -0.2) is 63.3 Å². The van der Waals surface area contributed by atoms with Crippen LogP contribution in [-0.2, 0) is 9.47 Å². The molecule has 0 radical (unpaired) electrons. The summed E-state index contributed by atoms with van der Waals surface area (Å²) in [5.41, 5.74) is -0.0232. The first kappa shape index (κ1) is 21.3. The number of rotatable bonds is 10. The number of methoxy groups -OCH3 is 2. The molecule has 1 saturated heterocycles. The fourth-order valence-electron chi connectivity index (χ4n) is 4.84. The molecule has 1 aliphatic heterocycles. The van der Waals surface area contributed by atoms with E-state index in [-0.39, 0.29) is 10.8 Å². The van der Waals surface area contributed by atoms with Gasteiger partial charge in [-0.3, -0.25) is 0 Å². The van der Waals surface area contributed by atoms with Crippen molar-refractivity contribution in [3.63, 3.8) is 0 Å². The van der Waals surface area contributed by atoms with Gasteiger partial charge in [0.05, 0.1) is 19.6 Å². The topological polar surface area (TPSA) is 24.9 Å². The number of likely N-dealkylation sites (tertiary alicyclic amines) is 1. The van der Waals surface area contributed by atoms with Crippen LogP contribution in [0.2, 0.25) is 0 Å². The van der Waals surface area contributed by atoms with E-state index in [2.05, 4.69) is 49.6 Å². The van der Waals surface area contributed by atoms with Crippen LogP contribution >= 0.6 is 0 Å². The third kappa shape index (κ3) is 4.12. The third-order valence-electron chi connectivity index (χ3n) is 6.68. The van der Waals surface area contributed by atoms with Gasteiger partial charge in [0.1, 0.15) is 11.5 Å². The van der Waals surface area contributed by atoms with Gasteiger partial charge in [-0.15, -0.1) is 0 Å². The SMILES string of the molecule is CCN(CC)CCCN1CCC2(C=C(OC)C(CC)(CC)C(OC)=C2)C1. The van der Waals surface area contributed by atoms with Crippen LogP contribution in [0.4, 0.5) is 0 Å². The van der Waals surface area contributed by atoms with Crippen molar-refractivity contribution in [1.29, 1.82) is 0 Å². The molecule has 0 N–H and O–H groups in total. The summed E-state index contributed by atoms with van der Waals surface area (Å²) in [6.45, 7) is 15.9. The van der Waals surface area contributed by atoms with Gasteiger partial charge in [0.15, 0.2) is 0 Å². The van der Waals surface area contributed by atoms with Crippen molar-refractivity contribution in [2.75, 3.05) is 53.5 Å². The zero-order valence-electron chi connectivity index (χ0n) is 17.9. The van der Waals surface area contributed by atoms with Crippen LogP contribution in [0, 0.1) is 10.8 Å². The van der Waals surface area contributed by atoms with Gasteiger partial charge in [-0.2, -0.15) is 0 Å². The fourth-order valence-corrected chi connectivity index (χ4v) is 4.84. The van der Waals surface area contributed by atoms with Crippen LogP contribution in [0.5, 0.6) is 0 Å². The van der Waals surface area contributed by atoms with Gasteiger partial charge in [-0.05, 0) is 70.6 Å². The summed E-state index contributed by atoms with van der Waals surface area (Å²) >= 11 is 0. The van der Waals surface area contributed by atoms with Crippen molar-refractivity contribution >= 4 is 0 Å². The standard InChI is InChI=1S/C22H40N2O2/c1-7-22(8-2)19(25-5)16-21(17-20(22)26-6)12-15-24(18-21)14-11-13-23(9-3)10-4/h16-17H,7-15,18H2,1-6H3. The lowest BCUT2D eigenvalue weighted by Gasteiger charge is -2.41. The Bertz CT molecular complexity index is 480. The minimum atomic E-state index is -0.0923. The van der Waals surface area contributed by atoms with Crippen molar-refractivity contribution < 1.29 is 9.47 Å². The minimum Gasteiger partial charge on any atom is -0.500 e. The Morgan fingerprint density at radius 3 is 2.04 bits per heavy atom. The normalized spacial score (nSPS) is 21.8. The monoisotopic (exact) mass is 364 g/mol.